The van der Waals surface area contributed by atoms with E-state index in [1.165, 1.54) is 6.92 Å². The molecular weight excluding hydrogens is 236 g/mol. The molecule has 11 heavy (non-hydrogen) atoms. The molecule has 1 amide bonds. The summed E-state index contributed by atoms with van der Waals surface area (Å²) in [4.78, 5) is 10.4. The Morgan fingerprint density at radius 1 is 1.73 bits per heavy atom. The highest BCUT2D eigenvalue weighted by Crippen LogP contribution is 1.92. The van der Waals surface area contributed by atoms with E-state index >= 15 is 0 Å². The number of alkyl halides is 1. The average Bonchev–Trinajstić information content (AvgIpc) is 1.87. The lowest BCUT2D eigenvalue weighted by Gasteiger charge is -2.07. The molecule has 5 nitrogen and oxygen atoms in total. The number of hydrogen-bond donors (Lipinski definition) is 2. The number of halogens is 1. The maximum absolute atomic E-state index is 10.7. The molecule has 0 heterocycles. The summed E-state index contributed by atoms with van der Waals surface area (Å²) < 4.78 is 23.3. The van der Waals surface area contributed by atoms with Gasteiger partial charge in [0, 0.05) is 0 Å². The first-order valence-electron chi connectivity index (χ1n) is 2.74. The van der Waals surface area contributed by atoms with Gasteiger partial charge in [-0.2, -0.15) is 0 Å². The van der Waals surface area contributed by atoms with E-state index in [0.29, 0.717) is 0 Å². The van der Waals surface area contributed by atoms with Crippen LogP contribution in [0.5, 0.6) is 0 Å². The van der Waals surface area contributed by atoms with E-state index in [4.69, 9.17) is 5.73 Å². The smallest absolute Gasteiger partial charge is 0.235 e. The second-order valence-corrected chi connectivity index (χ2v) is 5.02. The highest BCUT2D eigenvalue weighted by molar-refractivity contribution is 9.10. The Hall–Kier alpha value is -0.140. The minimum Gasteiger partial charge on any atom is -0.368 e. The number of sulfonamides is 1. The van der Waals surface area contributed by atoms with Gasteiger partial charge in [-0.05, 0) is 6.92 Å². The van der Waals surface area contributed by atoms with Gasteiger partial charge in [-0.15, -0.1) is 0 Å². The zero-order chi connectivity index (χ0) is 9.07. The van der Waals surface area contributed by atoms with E-state index in [0.717, 1.165) is 0 Å². The van der Waals surface area contributed by atoms with E-state index in [1.54, 1.807) is 0 Å². The Kier molecular flexibility index (Phi) is 3.98. The molecule has 0 fully saturated rings. The molecule has 0 saturated carbocycles. The summed E-state index contributed by atoms with van der Waals surface area (Å²) in [6.45, 7) is 1.38. The summed E-state index contributed by atoms with van der Waals surface area (Å²) in [5.41, 5.74) is 4.82. The number of carbonyl (C=O) groups is 1. The number of nitrogens with one attached hydrogen (secondary N) is 1. The standard InChI is InChI=1S/C4H9BrN2O3S/c1-3(4(6)8)7-11(9,10)2-5/h3,7H,2H2,1H3,(H2,6,8). The third-order valence-corrected chi connectivity index (χ3v) is 3.73. The molecule has 0 aliphatic rings. The molecule has 0 bridgehead atoms. The summed E-state index contributed by atoms with van der Waals surface area (Å²) in [7, 11) is -3.40. The van der Waals surface area contributed by atoms with Crippen LogP contribution in [0.15, 0.2) is 0 Å². The van der Waals surface area contributed by atoms with Crippen molar-refractivity contribution >= 4 is 31.9 Å². The lowest BCUT2D eigenvalue weighted by atomic mass is 10.4. The largest absolute Gasteiger partial charge is 0.368 e. The average molecular weight is 245 g/mol. The van der Waals surface area contributed by atoms with Crippen LogP contribution in [0.1, 0.15) is 6.92 Å². The number of hydrogen-bond acceptors (Lipinski definition) is 3. The molecule has 0 radical (unpaired) electrons. The van der Waals surface area contributed by atoms with Crippen LogP contribution in [0.3, 0.4) is 0 Å². The molecule has 1 unspecified atom stereocenters. The fourth-order valence-corrected chi connectivity index (χ4v) is 1.47. The Balaban J connectivity index is 4.16. The molecule has 66 valence electrons. The topological polar surface area (TPSA) is 89.3 Å². The Bertz CT molecular complexity index is 238. The molecule has 0 aromatic heterocycles. The summed E-state index contributed by atoms with van der Waals surface area (Å²) in [5, 5.41) is 0. The van der Waals surface area contributed by atoms with Gasteiger partial charge in [0.2, 0.25) is 15.9 Å². The van der Waals surface area contributed by atoms with Gasteiger partial charge >= 0.3 is 0 Å². The van der Waals surface area contributed by atoms with Crippen LogP contribution < -0.4 is 10.5 Å². The molecule has 0 aliphatic carbocycles. The van der Waals surface area contributed by atoms with Crippen molar-refractivity contribution in [2.45, 2.75) is 13.0 Å². The monoisotopic (exact) mass is 244 g/mol. The van der Waals surface area contributed by atoms with Crippen molar-refractivity contribution in [3.05, 3.63) is 0 Å². The lowest BCUT2D eigenvalue weighted by Crippen LogP contribution is -2.42. The molecule has 0 rings (SSSR count). The minimum atomic E-state index is -3.40. The van der Waals surface area contributed by atoms with Crippen molar-refractivity contribution in [1.29, 1.82) is 0 Å². The first-order valence-corrected chi connectivity index (χ1v) is 5.51. The normalized spacial score (nSPS) is 14.4. The van der Waals surface area contributed by atoms with Crippen LogP contribution in [-0.2, 0) is 14.8 Å². The molecule has 0 spiro atoms. The maximum Gasteiger partial charge on any atom is 0.235 e. The van der Waals surface area contributed by atoms with Crippen LogP contribution in [0.4, 0.5) is 0 Å². The second kappa shape index (κ2) is 4.03. The van der Waals surface area contributed by atoms with Crippen molar-refractivity contribution in [3.8, 4) is 0 Å². The first kappa shape index (κ1) is 10.9. The van der Waals surface area contributed by atoms with Gasteiger partial charge in [0.1, 0.15) is 4.66 Å². The van der Waals surface area contributed by atoms with Crippen LogP contribution in [0.25, 0.3) is 0 Å². The molecule has 0 aromatic carbocycles. The van der Waals surface area contributed by atoms with Gasteiger partial charge in [0.15, 0.2) is 0 Å². The van der Waals surface area contributed by atoms with Crippen LogP contribution in [0.2, 0.25) is 0 Å². The van der Waals surface area contributed by atoms with Crippen LogP contribution in [-0.4, -0.2) is 25.0 Å². The molecule has 7 heteroatoms. The minimum absolute atomic E-state index is 0.238. The predicted octanol–water partition coefficient (Wildman–Crippen LogP) is -0.868. The zero-order valence-electron chi connectivity index (χ0n) is 5.87. The van der Waals surface area contributed by atoms with Gasteiger partial charge in [0.25, 0.3) is 0 Å². The molecule has 0 saturated heterocycles. The first-order chi connectivity index (χ1) is 4.89. The van der Waals surface area contributed by atoms with Gasteiger partial charge in [-0.1, -0.05) is 15.9 Å². The number of amides is 1. The second-order valence-electron chi connectivity index (χ2n) is 1.97. The maximum atomic E-state index is 10.7. The SMILES string of the molecule is CC(NS(=O)(=O)CBr)C(N)=O. The van der Waals surface area contributed by atoms with Gasteiger partial charge in [-0.25, -0.2) is 13.1 Å². The van der Waals surface area contributed by atoms with Gasteiger partial charge in [-0.3, -0.25) is 4.79 Å². The summed E-state index contributed by atoms with van der Waals surface area (Å²) in [6.07, 6.45) is 0. The Morgan fingerprint density at radius 3 is 2.45 bits per heavy atom. The number of carbonyl (C=O) groups excluding carboxylic acids is 1. The summed E-state index contributed by atoms with van der Waals surface area (Å²) in [6, 6.07) is -0.863. The summed E-state index contributed by atoms with van der Waals surface area (Å²) >= 11 is 2.75. The fourth-order valence-electron chi connectivity index (χ4n) is 0.359. The molecule has 1 atom stereocenters. The van der Waals surface area contributed by atoms with E-state index in [1.807, 2.05) is 0 Å². The van der Waals surface area contributed by atoms with Crippen molar-refractivity contribution < 1.29 is 13.2 Å². The number of rotatable bonds is 4. The molecule has 3 N–H and O–H groups in total. The van der Waals surface area contributed by atoms with Crippen LogP contribution in [0, 0.1) is 0 Å². The van der Waals surface area contributed by atoms with Crippen molar-refractivity contribution in [1.82, 2.24) is 4.72 Å². The highest BCUT2D eigenvalue weighted by Gasteiger charge is 2.15. The van der Waals surface area contributed by atoms with E-state index in [2.05, 4.69) is 20.7 Å². The number of nitrogens with two attached hydrogens (primary N) is 1. The molecule has 0 aliphatic heterocycles. The highest BCUT2D eigenvalue weighted by atomic mass is 79.9. The van der Waals surface area contributed by atoms with Crippen molar-refractivity contribution in [2.75, 3.05) is 4.66 Å². The van der Waals surface area contributed by atoms with Crippen molar-refractivity contribution in [3.63, 3.8) is 0 Å². The predicted molar refractivity (Wildman–Crippen MR) is 44.5 cm³/mol. The number of primary amides is 1. The lowest BCUT2D eigenvalue weighted by molar-refractivity contribution is -0.119. The van der Waals surface area contributed by atoms with E-state index in [9.17, 15) is 13.2 Å². The quantitative estimate of drug-likeness (QED) is 0.631. The Labute approximate surface area is 73.5 Å². The fraction of sp³-hybridized carbons (Fsp3) is 0.750. The van der Waals surface area contributed by atoms with Crippen LogP contribution >= 0.6 is 15.9 Å². The molecule has 0 aromatic rings. The van der Waals surface area contributed by atoms with E-state index < -0.39 is 22.0 Å². The van der Waals surface area contributed by atoms with Gasteiger partial charge in [0.05, 0.1) is 6.04 Å². The third kappa shape index (κ3) is 4.33. The van der Waals surface area contributed by atoms with E-state index in [-0.39, 0.29) is 4.66 Å². The van der Waals surface area contributed by atoms with Crippen molar-refractivity contribution in [2.24, 2.45) is 5.73 Å². The zero-order valence-corrected chi connectivity index (χ0v) is 8.28. The molecular formula is C4H9BrN2O3S. The van der Waals surface area contributed by atoms with Gasteiger partial charge < -0.3 is 5.73 Å². The summed E-state index contributed by atoms with van der Waals surface area (Å²) in [5.74, 6) is -0.700. The third-order valence-electron chi connectivity index (χ3n) is 0.927. The Morgan fingerprint density at radius 2 is 2.18 bits per heavy atom.